The smallest absolute Gasteiger partial charge is 0.437 e. The van der Waals surface area contributed by atoms with Crippen LogP contribution in [0.25, 0.3) is 11.3 Å². The molecule has 198 valence electrons. The van der Waals surface area contributed by atoms with Crippen LogP contribution in [0.5, 0.6) is 5.75 Å². The molecule has 1 aromatic carbocycles. The summed E-state index contributed by atoms with van der Waals surface area (Å²) < 4.78 is 101. The Labute approximate surface area is 201 Å². The van der Waals surface area contributed by atoms with Crippen molar-refractivity contribution in [3.63, 3.8) is 0 Å². The molecule has 0 spiro atoms. The minimum atomic E-state index is -4.80. The van der Waals surface area contributed by atoms with Gasteiger partial charge in [0.1, 0.15) is 23.0 Å². The second-order valence-corrected chi connectivity index (χ2v) is 8.78. The second kappa shape index (κ2) is 9.30. The van der Waals surface area contributed by atoms with E-state index in [1.807, 2.05) is 0 Å². The minimum Gasteiger partial charge on any atom is -0.481 e. The number of nitrogens with one attached hydrogen (secondary N) is 2. The summed E-state index contributed by atoms with van der Waals surface area (Å²) in [6.45, 7) is 4.47. The number of aromatic nitrogens is 4. The zero-order valence-electron chi connectivity index (χ0n) is 19.9. The quantitative estimate of drug-likeness (QED) is 0.359. The van der Waals surface area contributed by atoms with E-state index in [2.05, 4.69) is 20.5 Å². The SMILES string of the molecule is Cc1[nH]nc(C(F)(F)F)c1NCc1cc(F)c(-c2cn(C)c(C(C)(C)O)n2)cc1O[C@@H](C)C(F)(F)F. The van der Waals surface area contributed by atoms with Crippen LogP contribution in [0.4, 0.5) is 36.4 Å². The number of benzene rings is 1. The highest BCUT2D eigenvalue weighted by molar-refractivity contribution is 5.64. The Balaban J connectivity index is 2.05. The maximum absolute atomic E-state index is 15.1. The van der Waals surface area contributed by atoms with E-state index in [1.165, 1.54) is 31.5 Å². The Bertz CT molecular complexity index is 1240. The third-order valence-electron chi connectivity index (χ3n) is 5.29. The van der Waals surface area contributed by atoms with Gasteiger partial charge in [0.15, 0.2) is 11.8 Å². The van der Waals surface area contributed by atoms with Gasteiger partial charge in [0.2, 0.25) is 0 Å². The fourth-order valence-corrected chi connectivity index (χ4v) is 3.49. The van der Waals surface area contributed by atoms with Gasteiger partial charge in [0.25, 0.3) is 0 Å². The van der Waals surface area contributed by atoms with Gasteiger partial charge in [-0.25, -0.2) is 9.37 Å². The number of H-pyrrole nitrogens is 1. The molecule has 36 heavy (non-hydrogen) atoms. The maximum Gasteiger partial charge on any atom is 0.437 e. The molecule has 0 radical (unpaired) electrons. The number of hydrogen-bond acceptors (Lipinski definition) is 5. The normalized spacial score (nSPS) is 13.7. The molecule has 0 aliphatic heterocycles. The molecule has 0 aliphatic rings. The summed E-state index contributed by atoms with van der Waals surface area (Å²) in [4.78, 5) is 4.19. The van der Waals surface area contributed by atoms with Crippen molar-refractivity contribution in [3.8, 4) is 17.0 Å². The summed E-state index contributed by atoms with van der Waals surface area (Å²) in [5, 5.41) is 18.1. The fourth-order valence-electron chi connectivity index (χ4n) is 3.49. The standard InChI is InChI=1S/C22H24F7N5O2/c1-10-17(18(33-32-10)22(27,28)29)30-8-12-6-14(23)13(7-16(12)36-11(2)21(24,25)26)15-9-34(5)19(31-15)20(3,4)35/h6-7,9,11,30,35H,8H2,1-5H3,(H,32,33)/t11-/m0/s1. The van der Waals surface area contributed by atoms with E-state index < -0.39 is 53.6 Å². The number of aromatic amines is 1. The van der Waals surface area contributed by atoms with Gasteiger partial charge in [-0.3, -0.25) is 5.10 Å². The topological polar surface area (TPSA) is 88.0 Å². The predicted octanol–water partition coefficient (Wildman–Crippen LogP) is 5.45. The molecule has 3 rings (SSSR count). The van der Waals surface area contributed by atoms with Gasteiger partial charge < -0.3 is 19.7 Å². The van der Waals surface area contributed by atoms with Gasteiger partial charge in [-0.05, 0) is 39.8 Å². The molecule has 2 heterocycles. The van der Waals surface area contributed by atoms with Crippen LogP contribution in [-0.2, 0) is 25.4 Å². The van der Waals surface area contributed by atoms with E-state index in [0.29, 0.717) is 0 Å². The lowest BCUT2D eigenvalue weighted by molar-refractivity contribution is -0.189. The van der Waals surface area contributed by atoms with Crippen LogP contribution in [0, 0.1) is 12.7 Å². The van der Waals surface area contributed by atoms with Crippen LogP contribution in [0.15, 0.2) is 18.3 Å². The van der Waals surface area contributed by atoms with Gasteiger partial charge in [0, 0.05) is 30.9 Å². The second-order valence-electron chi connectivity index (χ2n) is 8.78. The van der Waals surface area contributed by atoms with Crippen LogP contribution in [0.2, 0.25) is 0 Å². The number of aliphatic hydroxyl groups is 1. The Kier molecular flexibility index (Phi) is 7.05. The number of alkyl halides is 6. The zero-order chi connectivity index (χ0) is 27.2. The summed E-state index contributed by atoms with van der Waals surface area (Å²) >= 11 is 0. The van der Waals surface area contributed by atoms with Crippen LogP contribution in [-0.4, -0.2) is 37.1 Å². The van der Waals surface area contributed by atoms with E-state index >= 15 is 4.39 Å². The van der Waals surface area contributed by atoms with Gasteiger partial charge in [-0.15, -0.1) is 0 Å². The Hall–Kier alpha value is -3.29. The van der Waals surface area contributed by atoms with E-state index in [1.54, 1.807) is 7.05 Å². The Morgan fingerprint density at radius 2 is 1.81 bits per heavy atom. The van der Waals surface area contributed by atoms with Crippen molar-refractivity contribution in [1.82, 2.24) is 19.7 Å². The van der Waals surface area contributed by atoms with E-state index in [9.17, 15) is 31.4 Å². The van der Waals surface area contributed by atoms with Crippen molar-refractivity contribution in [2.45, 2.75) is 58.3 Å². The van der Waals surface area contributed by atoms with Gasteiger partial charge in [-0.1, -0.05) is 0 Å². The molecule has 1 atom stereocenters. The molecule has 0 fully saturated rings. The van der Waals surface area contributed by atoms with Crippen molar-refractivity contribution in [2.24, 2.45) is 7.05 Å². The fraction of sp³-hybridized carbons (Fsp3) is 0.455. The highest BCUT2D eigenvalue weighted by Crippen LogP contribution is 2.37. The molecular weight excluding hydrogens is 499 g/mol. The van der Waals surface area contributed by atoms with E-state index in [4.69, 9.17) is 4.74 Å². The number of aryl methyl sites for hydroxylation is 2. The van der Waals surface area contributed by atoms with Crippen molar-refractivity contribution < 1.29 is 40.6 Å². The van der Waals surface area contributed by atoms with Gasteiger partial charge in [-0.2, -0.15) is 31.4 Å². The van der Waals surface area contributed by atoms with Crippen LogP contribution in [0.3, 0.4) is 0 Å². The third-order valence-corrected chi connectivity index (χ3v) is 5.29. The summed E-state index contributed by atoms with van der Waals surface area (Å²) in [5.74, 6) is -1.14. The number of imidazole rings is 1. The van der Waals surface area contributed by atoms with Crippen LogP contribution in [0.1, 0.15) is 43.5 Å². The first-order valence-electron chi connectivity index (χ1n) is 10.6. The molecule has 0 amide bonds. The lowest BCUT2D eigenvalue weighted by Gasteiger charge is -2.21. The Morgan fingerprint density at radius 3 is 2.33 bits per heavy atom. The monoisotopic (exact) mass is 523 g/mol. The molecule has 0 saturated heterocycles. The molecule has 0 bridgehead atoms. The number of ether oxygens (including phenoxy) is 1. The average Bonchev–Trinajstić information content (AvgIpc) is 3.29. The summed E-state index contributed by atoms with van der Waals surface area (Å²) in [6.07, 6.45) is -10.5. The molecule has 0 aliphatic carbocycles. The minimum absolute atomic E-state index is 0.0150. The Morgan fingerprint density at radius 1 is 1.17 bits per heavy atom. The molecule has 0 saturated carbocycles. The largest absolute Gasteiger partial charge is 0.481 e. The summed E-state index contributed by atoms with van der Waals surface area (Å²) in [7, 11) is 1.55. The third kappa shape index (κ3) is 5.74. The molecule has 3 N–H and O–H groups in total. The van der Waals surface area contributed by atoms with Crippen molar-refractivity contribution in [1.29, 1.82) is 0 Å². The molecular formula is C22H24F7N5O2. The number of rotatable bonds is 7. The average molecular weight is 523 g/mol. The lowest BCUT2D eigenvalue weighted by Crippen LogP contribution is -2.31. The van der Waals surface area contributed by atoms with Crippen LogP contribution < -0.4 is 10.1 Å². The predicted molar refractivity (Wildman–Crippen MR) is 116 cm³/mol. The molecule has 7 nitrogen and oxygen atoms in total. The van der Waals surface area contributed by atoms with Crippen molar-refractivity contribution in [3.05, 3.63) is 46.9 Å². The van der Waals surface area contributed by atoms with E-state index in [-0.39, 0.29) is 28.3 Å². The zero-order valence-corrected chi connectivity index (χ0v) is 19.9. The van der Waals surface area contributed by atoms with E-state index in [0.717, 1.165) is 19.1 Å². The highest BCUT2D eigenvalue weighted by Gasteiger charge is 2.39. The molecule has 0 unspecified atom stereocenters. The highest BCUT2D eigenvalue weighted by atomic mass is 19.4. The number of halogens is 7. The summed E-state index contributed by atoms with van der Waals surface area (Å²) in [5.41, 5.74) is -3.42. The molecule has 2 aromatic heterocycles. The number of anilines is 1. The van der Waals surface area contributed by atoms with Crippen molar-refractivity contribution in [2.75, 3.05) is 5.32 Å². The lowest BCUT2D eigenvalue weighted by atomic mass is 10.1. The summed E-state index contributed by atoms with van der Waals surface area (Å²) in [6, 6.07) is 1.86. The molecule has 14 heteroatoms. The number of hydrogen-bond donors (Lipinski definition) is 3. The van der Waals surface area contributed by atoms with Crippen LogP contribution >= 0.6 is 0 Å². The first-order valence-corrected chi connectivity index (χ1v) is 10.6. The van der Waals surface area contributed by atoms with Gasteiger partial charge in [0.05, 0.1) is 17.1 Å². The van der Waals surface area contributed by atoms with Crippen molar-refractivity contribution >= 4 is 5.69 Å². The molecule has 3 aromatic rings. The number of nitrogens with zero attached hydrogens (tertiary/aromatic N) is 3. The maximum atomic E-state index is 15.1. The van der Waals surface area contributed by atoms with Gasteiger partial charge >= 0.3 is 12.4 Å². The first-order chi connectivity index (χ1) is 16.4. The first kappa shape index (κ1) is 27.3.